The highest BCUT2D eigenvalue weighted by molar-refractivity contribution is 7.89. The van der Waals surface area contributed by atoms with Crippen LogP contribution in [-0.4, -0.2) is 25.5 Å². The largest absolute Gasteiger partial charge is 0.480 e. The van der Waals surface area contributed by atoms with Crippen LogP contribution in [0, 0.1) is 16.7 Å². The van der Waals surface area contributed by atoms with Crippen molar-refractivity contribution in [2.75, 3.05) is 0 Å². The first-order chi connectivity index (χ1) is 9.49. The van der Waals surface area contributed by atoms with Crippen LogP contribution in [0.1, 0.15) is 26.3 Å². The predicted octanol–water partition coefficient (Wildman–Crippen LogP) is 1.99. The number of carbonyl (C=O) groups is 1. The fourth-order valence-electron chi connectivity index (χ4n) is 1.60. The Morgan fingerprint density at radius 3 is 2.38 bits per heavy atom. The van der Waals surface area contributed by atoms with Gasteiger partial charge < -0.3 is 5.11 Å². The third kappa shape index (κ3) is 4.17. The molecule has 0 aromatic heterocycles. The van der Waals surface area contributed by atoms with Crippen LogP contribution < -0.4 is 4.72 Å². The molecule has 1 atom stereocenters. The second kappa shape index (κ2) is 6.02. The van der Waals surface area contributed by atoms with Crippen LogP contribution in [0.5, 0.6) is 0 Å². The van der Waals surface area contributed by atoms with Crippen molar-refractivity contribution in [3.05, 3.63) is 28.8 Å². The summed E-state index contributed by atoms with van der Waals surface area (Å²) in [6, 6.07) is 4.21. The summed E-state index contributed by atoms with van der Waals surface area (Å²) in [5, 5.41) is 17.8. The van der Waals surface area contributed by atoms with Crippen LogP contribution in [0.3, 0.4) is 0 Å². The highest BCUT2D eigenvalue weighted by Gasteiger charge is 2.35. The van der Waals surface area contributed by atoms with Gasteiger partial charge >= 0.3 is 5.97 Å². The molecule has 6 nitrogen and oxygen atoms in total. The Kier molecular flexibility index (Phi) is 4.99. The molecule has 0 heterocycles. The van der Waals surface area contributed by atoms with Gasteiger partial charge in [-0.1, -0.05) is 32.4 Å². The van der Waals surface area contributed by atoms with Crippen LogP contribution in [0.4, 0.5) is 0 Å². The monoisotopic (exact) mass is 330 g/mol. The number of rotatable bonds is 4. The number of nitrogens with zero attached hydrogens (tertiary/aromatic N) is 1. The zero-order valence-corrected chi connectivity index (χ0v) is 13.3. The Labute approximate surface area is 128 Å². The van der Waals surface area contributed by atoms with Crippen molar-refractivity contribution in [1.82, 2.24) is 4.72 Å². The van der Waals surface area contributed by atoms with E-state index in [1.54, 1.807) is 20.8 Å². The molecule has 0 saturated carbocycles. The summed E-state index contributed by atoms with van der Waals surface area (Å²) in [7, 11) is -4.12. The van der Waals surface area contributed by atoms with E-state index in [4.69, 9.17) is 22.0 Å². The molecule has 2 N–H and O–H groups in total. The molecule has 0 radical (unpaired) electrons. The number of hydrogen-bond acceptors (Lipinski definition) is 4. The van der Waals surface area contributed by atoms with E-state index in [-0.39, 0.29) is 15.5 Å². The molecular formula is C13H15ClN2O4S. The Balaban J connectivity index is 3.24. The van der Waals surface area contributed by atoms with Gasteiger partial charge in [0.2, 0.25) is 10.0 Å². The first-order valence-electron chi connectivity index (χ1n) is 5.94. The number of aliphatic carboxylic acids is 1. The minimum absolute atomic E-state index is 0.139. The number of nitrogens with one attached hydrogen (secondary N) is 1. The molecule has 1 rings (SSSR count). The normalized spacial score (nSPS) is 13.5. The van der Waals surface area contributed by atoms with Crippen molar-refractivity contribution < 1.29 is 18.3 Å². The molecule has 114 valence electrons. The van der Waals surface area contributed by atoms with E-state index < -0.39 is 27.4 Å². The zero-order valence-electron chi connectivity index (χ0n) is 11.7. The van der Waals surface area contributed by atoms with Gasteiger partial charge in [-0.3, -0.25) is 4.79 Å². The highest BCUT2D eigenvalue weighted by atomic mass is 35.5. The number of halogens is 1. The maximum atomic E-state index is 12.3. The number of benzene rings is 1. The molecule has 8 heteroatoms. The van der Waals surface area contributed by atoms with Gasteiger partial charge in [0.25, 0.3) is 0 Å². The fourth-order valence-corrected chi connectivity index (χ4v) is 3.54. The van der Waals surface area contributed by atoms with Crippen LogP contribution in [0.25, 0.3) is 0 Å². The Morgan fingerprint density at radius 1 is 1.43 bits per heavy atom. The lowest BCUT2D eigenvalue weighted by molar-refractivity contribution is -0.141. The van der Waals surface area contributed by atoms with Gasteiger partial charge in [0.15, 0.2) is 0 Å². The number of nitriles is 1. The average molecular weight is 331 g/mol. The summed E-state index contributed by atoms with van der Waals surface area (Å²) in [4.78, 5) is 11.0. The molecule has 0 saturated heterocycles. The van der Waals surface area contributed by atoms with Gasteiger partial charge in [0.05, 0.1) is 16.7 Å². The molecule has 0 spiro atoms. The molecule has 0 aliphatic rings. The number of carboxylic acid groups (broad SMARTS) is 1. The van der Waals surface area contributed by atoms with Crippen LogP contribution in [0.2, 0.25) is 5.02 Å². The summed E-state index contributed by atoms with van der Waals surface area (Å²) < 4.78 is 26.7. The van der Waals surface area contributed by atoms with Gasteiger partial charge in [0.1, 0.15) is 10.9 Å². The van der Waals surface area contributed by atoms with Crippen LogP contribution >= 0.6 is 11.6 Å². The zero-order chi connectivity index (χ0) is 16.4. The first-order valence-corrected chi connectivity index (χ1v) is 7.80. The molecule has 0 amide bonds. The molecule has 0 aliphatic carbocycles. The predicted molar refractivity (Wildman–Crippen MR) is 77.4 cm³/mol. The third-order valence-corrected chi connectivity index (χ3v) is 4.64. The van der Waals surface area contributed by atoms with Crippen molar-refractivity contribution in [2.45, 2.75) is 31.7 Å². The lowest BCUT2D eigenvalue weighted by Gasteiger charge is -2.27. The smallest absolute Gasteiger partial charge is 0.322 e. The lowest BCUT2D eigenvalue weighted by atomic mass is 9.88. The van der Waals surface area contributed by atoms with Gasteiger partial charge in [-0.15, -0.1) is 0 Å². The SMILES string of the molecule is CC(C)(C)[C@H](NS(=O)(=O)c1ccc(C#N)cc1Cl)C(=O)O. The standard InChI is InChI=1S/C13H15ClN2O4S/c1-13(2,3)11(12(17)18)16-21(19,20)10-5-4-8(7-15)6-9(10)14/h4-6,11,16H,1-3H3,(H,17,18)/t11-/m1/s1. The number of hydrogen-bond donors (Lipinski definition) is 2. The van der Waals surface area contributed by atoms with Gasteiger partial charge in [0, 0.05) is 0 Å². The summed E-state index contributed by atoms with van der Waals surface area (Å²) in [6.45, 7) is 4.82. The molecule has 1 aromatic carbocycles. The summed E-state index contributed by atoms with van der Waals surface area (Å²) >= 11 is 5.85. The Bertz CT molecular complexity index is 702. The van der Waals surface area contributed by atoms with E-state index in [0.717, 1.165) is 0 Å². The van der Waals surface area contributed by atoms with E-state index in [9.17, 15) is 13.2 Å². The van der Waals surface area contributed by atoms with Crippen molar-refractivity contribution >= 4 is 27.6 Å². The van der Waals surface area contributed by atoms with Crippen LogP contribution in [-0.2, 0) is 14.8 Å². The van der Waals surface area contributed by atoms with Crippen molar-refractivity contribution in [1.29, 1.82) is 5.26 Å². The van der Waals surface area contributed by atoms with Gasteiger partial charge in [-0.2, -0.15) is 9.98 Å². The molecule has 0 aliphatic heterocycles. The minimum atomic E-state index is -4.12. The maximum absolute atomic E-state index is 12.3. The number of carboxylic acids is 1. The van der Waals surface area contributed by atoms with E-state index in [2.05, 4.69) is 4.72 Å². The summed E-state index contributed by atoms with van der Waals surface area (Å²) in [5.41, 5.74) is -0.609. The van der Waals surface area contributed by atoms with Crippen molar-refractivity contribution in [3.8, 4) is 6.07 Å². The lowest BCUT2D eigenvalue weighted by Crippen LogP contribution is -2.49. The third-order valence-electron chi connectivity index (χ3n) is 2.74. The van der Waals surface area contributed by atoms with E-state index in [0.29, 0.717) is 0 Å². The van der Waals surface area contributed by atoms with Crippen molar-refractivity contribution in [3.63, 3.8) is 0 Å². The van der Waals surface area contributed by atoms with E-state index in [1.807, 2.05) is 6.07 Å². The molecule has 21 heavy (non-hydrogen) atoms. The average Bonchev–Trinajstić information content (AvgIpc) is 2.33. The topological polar surface area (TPSA) is 107 Å². The highest BCUT2D eigenvalue weighted by Crippen LogP contribution is 2.26. The van der Waals surface area contributed by atoms with Gasteiger partial charge in [-0.05, 0) is 23.6 Å². The molecule has 0 unspecified atom stereocenters. The quantitative estimate of drug-likeness (QED) is 0.877. The molecule has 0 bridgehead atoms. The van der Waals surface area contributed by atoms with Crippen LogP contribution in [0.15, 0.2) is 23.1 Å². The molecule has 0 fully saturated rings. The van der Waals surface area contributed by atoms with E-state index >= 15 is 0 Å². The second-order valence-electron chi connectivity index (χ2n) is 5.52. The van der Waals surface area contributed by atoms with Gasteiger partial charge in [-0.25, -0.2) is 8.42 Å². The second-order valence-corrected chi connectivity index (χ2v) is 7.61. The summed E-state index contributed by atoms with van der Waals surface area (Å²) in [6.07, 6.45) is 0. The summed E-state index contributed by atoms with van der Waals surface area (Å²) in [5.74, 6) is -1.28. The van der Waals surface area contributed by atoms with E-state index in [1.165, 1.54) is 18.2 Å². The number of sulfonamides is 1. The maximum Gasteiger partial charge on any atom is 0.322 e. The molecule has 1 aromatic rings. The Hall–Kier alpha value is -1.62. The molecular weight excluding hydrogens is 316 g/mol. The Morgan fingerprint density at radius 2 is 2.00 bits per heavy atom. The van der Waals surface area contributed by atoms with Crippen molar-refractivity contribution in [2.24, 2.45) is 5.41 Å². The fraction of sp³-hybridized carbons (Fsp3) is 0.385. The first kappa shape index (κ1) is 17.4. The minimum Gasteiger partial charge on any atom is -0.480 e.